The summed E-state index contributed by atoms with van der Waals surface area (Å²) < 4.78 is 5.89. The summed E-state index contributed by atoms with van der Waals surface area (Å²) in [6.07, 6.45) is 1.75. The number of hydrogen-bond acceptors (Lipinski definition) is 3. The second-order valence-electron chi connectivity index (χ2n) is 3.03. The van der Waals surface area contributed by atoms with Gasteiger partial charge in [0.2, 0.25) is 0 Å². The fraction of sp³-hybridized carbons (Fsp3) is 0.556. The Bertz CT molecular complexity index is 235. The van der Waals surface area contributed by atoms with Crippen molar-refractivity contribution in [3.05, 3.63) is 24.2 Å². The first-order valence-corrected chi connectivity index (χ1v) is 6.00. The van der Waals surface area contributed by atoms with E-state index < -0.39 is 0 Å². The molecule has 0 aliphatic carbocycles. The van der Waals surface area contributed by atoms with Gasteiger partial charge < -0.3 is 4.42 Å². The van der Waals surface area contributed by atoms with E-state index in [1.807, 2.05) is 29.6 Å². The van der Waals surface area contributed by atoms with Crippen LogP contribution in [0.25, 0.3) is 0 Å². The van der Waals surface area contributed by atoms with Gasteiger partial charge in [0, 0.05) is 10.5 Å². The molecule has 0 saturated carbocycles. The molecule has 2 atom stereocenters. The van der Waals surface area contributed by atoms with Gasteiger partial charge in [0.25, 0.3) is 0 Å². The lowest BCUT2D eigenvalue weighted by Gasteiger charge is -2.02. The van der Waals surface area contributed by atoms with Gasteiger partial charge in [-0.05, 0) is 12.1 Å². The Morgan fingerprint density at radius 3 is 2.42 bits per heavy atom. The number of furan rings is 1. The largest absolute Gasteiger partial charge is 0.467 e. The van der Waals surface area contributed by atoms with Crippen LogP contribution in [-0.2, 0) is 0 Å². The minimum Gasteiger partial charge on any atom is -0.467 e. The highest BCUT2D eigenvalue weighted by Crippen LogP contribution is 2.53. The van der Waals surface area contributed by atoms with E-state index in [2.05, 4.69) is 19.9 Å². The van der Waals surface area contributed by atoms with E-state index in [1.165, 1.54) is 0 Å². The van der Waals surface area contributed by atoms with Crippen molar-refractivity contribution >= 4 is 23.5 Å². The molecule has 0 spiro atoms. The van der Waals surface area contributed by atoms with Crippen molar-refractivity contribution in [1.29, 1.82) is 0 Å². The van der Waals surface area contributed by atoms with E-state index in [4.69, 9.17) is 4.42 Å². The lowest BCUT2D eigenvalue weighted by molar-refractivity contribution is 0.528. The lowest BCUT2D eigenvalue weighted by Crippen LogP contribution is -2.04. The summed E-state index contributed by atoms with van der Waals surface area (Å²) in [5.74, 6) is 1.11. The van der Waals surface area contributed by atoms with E-state index in [-0.39, 0.29) is 0 Å². The van der Waals surface area contributed by atoms with Crippen molar-refractivity contribution in [2.75, 3.05) is 0 Å². The standard InChI is InChI=1S/C9H12OS2/c1-6-7(2)12-9(11-6)8-4-3-5-10-8/h3-7,9H,1-2H3. The molecule has 0 bridgehead atoms. The molecule has 1 aliphatic rings. The van der Waals surface area contributed by atoms with Gasteiger partial charge in [-0.1, -0.05) is 13.8 Å². The molecular weight excluding hydrogens is 188 g/mol. The van der Waals surface area contributed by atoms with E-state index in [0.717, 1.165) is 16.3 Å². The molecule has 0 aromatic carbocycles. The smallest absolute Gasteiger partial charge is 0.126 e. The summed E-state index contributed by atoms with van der Waals surface area (Å²) in [4.78, 5) is 0. The van der Waals surface area contributed by atoms with E-state index >= 15 is 0 Å². The van der Waals surface area contributed by atoms with Crippen molar-refractivity contribution in [3.8, 4) is 0 Å². The summed E-state index contributed by atoms with van der Waals surface area (Å²) in [6.45, 7) is 4.57. The average molecular weight is 200 g/mol. The van der Waals surface area contributed by atoms with Gasteiger partial charge in [-0.3, -0.25) is 0 Å². The number of rotatable bonds is 1. The Morgan fingerprint density at radius 1 is 1.25 bits per heavy atom. The van der Waals surface area contributed by atoms with Crippen LogP contribution in [0.4, 0.5) is 0 Å². The number of hydrogen-bond donors (Lipinski definition) is 0. The molecule has 12 heavy (non-hydrogen) atoms. The molecule has 1 fully saturated rings. The monoisotopic (exact) mass is 200 g/mol. The van der Waals surface area contributed by atoms with Crippen molar-refractivity contribution in [2.45, 2.75) is 28.9 Å². The quantitative estimate of drug-likeness (QED) is 0.688. The fourth-order valence-corrected chi connectivity index (χ4v) is 4.65. The third-order valence-electron chi connectivity index (χ3n) is 2.11. The van der Waals surface area contributed by atoms with E-state index in [0.29, 0.717) is 4.58 Å². The van der Waals surface area contributed by atoms with Crippen LogP contribution in [0.15, 0.2) is 22.8 Å². The highest BCUT2D eigenvalue weighted by Gasteiger charge is 2.31. The minimum atomic E-state index is 0.519. The second kappa shape index (κ2) is 3.38. The van der Waals surface area contributed by atoms with Gasteiger partial charge in [0.1, 0.15) is 10.3 Å². The maximum absolute atomic E-state index is 5.37. The molecule has 0 radical (unpaired) electrons. The van der Waals surface area contributed by atoms with Crippen molar-refractivity contribution in [1.82, 2.24) is 0 Å². The first-order chi connectivity index (χ1) is 5.77. The summed E-state index contributed by atoms with van der Waals surface area (Å²) in [7, 11) is 0. The van der Waals surface area contributed by atoms with Crippen LogP contribution < -0.4 is 0 Å². The molecule has 2 unspecified atom stereocenters. The van der Waals surface area contributed by atoms with Crippen LogP contribution in [0.1, 0.15) is 24.2 Å². The maximum atomic E-state index is 5.37. The molecule has 2 rings (SSSR count). The van der Waals surface area contributed by atoms with Crippen LogP contribution in [-0.4, -0.2) is 10.5 Å². The van der Waals surface area contributed by atoms with Crippen LogP contribution in [0.2, 0.25) is 0 Å². The average Bonchev–Trinajstić information content (AvgIpc) is 2.61. The summed E-state index contributed by atoms with van der Waals surface area (Å²) in [6, 6.07) is 4.03. The fourth-order valence-electron chi connectivity index (χ4n) is 1.20. The van der Waals surface area contributed by atoms with Gasteiger partial charge in [-0.25, -0.2) is 0 Å². The highest BCUT2D eigenvalue weighted by molar-refractivity contribution is 8.20. The zero-order chi connectivity index (χ0) is 8.55. The van der Waals surface area contributed by atoms with Gasteiger partial charge in [-0.2, -0.15) is 0 Å². The Hall–Kier alpha value is -0.0200. The summed E-state index contributed by atoms with van der Waals surface area (Å²) >= 11 is 4.00. The molecule has 0 amide bonds. The Labute approximate surface area is 81.3 Å². The molecule has 1 aromatic heterocycles. The third kappa shape index (κ3) is 1.52. The molecule has 66 valence electrons. The first-order valence-electron chi connectivity index (χ1n) is 4.11. The summed E-state index contributed by atoms with van der Waals surface area (Å²) in [5.41, 5.74) is 0. The second-order valence-corrected chi connectivity index (χ2v) is 6.30. The minimum absolute atomic E-state index is 0.519. The van der Waals surface area contributed by atoms with Crippen molar-refractivity contribution in [3.63, 3.8) is 0 Å². The lowest BCUT2D eigenvalue weighted by atomic mass is 10.4. The molecule has 3 heteroatoms. The first kappa shape index (κ1) is 8.57. The van der Waals surface area contributed by atoms with E-state index in [9.17, 15) is 0 Å². The maximum Gasteiger partial charge on any atom is 0.126 e. The van der Waals surface area contributed by atoms with Gasteiger partial charge in [0.05, 0.1) is 6.26 Å². The Kier molecular flexibility index (Phi) is 2.42. The molecule has 1 aliphatic heterocycles. The molecule has 1 nitrogen and oxygen atoms in total. The predicted octanol–water partition coefficient (Wildman–Crippen LogP) is 3.54. The zero-order valence-electron chi connectivity index (χ0n) is 7.19. The van der Waals surface area contributed by atoms with Crippen LogP contribution in [0.3, 0.4) is 0 Å². The van der Waals surface area contributed by atoms with Gasteiger partial charge in [-0.15, -0.1) is 23.5 Å². The van der Waals surface area contributed by atoms with Crippen LogP contribution in [0, 0.1) is 0 Å². The van der Waals surface area contributed by atoms with Crippen molar-refractivity contribution < 1.29 is 4.42 Å². The van der Waals surface area contributed by atoms with Crippen molar-refractivity contribution in [2.24, 2.45) is 0 Å². The molecule has 1 saturated heterocycles. The summed E-state index contributed by atoms with van der Waals surface area (Å²) in [5, 5.41) is 1.48. The SMILES string of the molecule is CC1SC(c2ccco2)SC1C. The Balaban J connectivity index is 2.09. The topological polar surface area (TPSA) is 13.1 Å². The third-order valence-corrected chi connectivity index (χ3v) is 5.59. The Morgan fingerprint density at radius 2 is 1.92 bits per heavy atom. The highest BCUT2D eigenvalue weighted by atomic mass is 32.2. The van der Waals surface area contributed by atoms with Gasteiger partial charge >= 0.3 is 0 Å². The number of thioether (sulfide) groups is 2. The molecular formula is C9H12OS2. The normalized spacial score (nSPS) is 35.7. The van der Waals surface area contributed by atoms with Crippen LogP contribution in [0.5, 0.6) is 0 Å². The molecule has 2 heterocycles. The van der Waals surface area contributed by atoms with Crippen LogP contribution >= 0.6 is 23.5 Å². The molecule has 1 aromatic rings. The molecule has 0 N–H and O–H groups in total. The zero-order valence-corrected chi connectivity index (χ0v) is 8.82. The predicted molar refractivity (Wildman–Crippen MR) is 55.6 cm³/mol. The van der Waals surface area contributed by atoms with E-state index in [1.54, 1.807) is 6.26 Å². The van der Waals surface area contributed by atoms with Gasteiger partial charge in [0.15, 0.2) is 0 Å².